The lowest BCUT2D eigenvalue weighted by Crippen LogP contribution is -2.62. The van der Waals surface area contributed by atoms with Crippen LogP contribution in [0.15, 0.2) is 30.3 Å². The SMILES string of the molecule is CCO[C@H]1C[C@@]2(CO2)[C@]1(C)c1ccccc1. The van der Waals surface area contributed by atoms with Crippen LogP contribution in [0.5, 0.6) is 0 Å². The lowest BCUT2D eigenvalue weighted by atomic mass is 9.55. The molecule has 0 unspecified atom stereocenters. The Morgan fingerprint density at radius 1 is 1.38 bits per heavy atom. The van der Waals surface area contributed by atoms with Crippen LogP contribution in [0.1, 0.15) is 25.8 Å². The predicted molar refractivity (Wildman–Crippen MR) is 62.5 cm³/mol. The van der Waals surface area contributed by atoms with Gasteiger partial charge >= 0.3 is 0 Å². The van der Waals surface area contributed by atoms with Crippen molar-refractivity contribution in [2.24, 2.45) is 0 Å². The number of hydrogen-bond donors (Lipinski definition) is 0. The van der Waals surface area contributed by atoms with Crippen LogP contribution in [0.25, 0.3) is 0 Å². The van der Waals surface area contributed by atoms with Crippen molar-refractivity contribution in [3.8, 4) is 0 Å². The highest BCUT2D eigenvalue weighted by Gasteiger charge is 2.72. The van der Waals surface area contributed by atoms with Crippen LogP contribution in [0.2, 0.25) is 0 Å². The molecule has 3 rings (SSSR count). The van der Waals surface area contributed by atoms with Crippen molar-refractivity contribution in [2.45, 2.75) is 37.4 Å². The van der Waals surface area contributed by atoms with E-state index in [4.69, 9.17) is 9.47 Å². The fourth-order valence-electron chi connectivity index (χ4n) is 3.04. The van der Waals surface area contributed by atoms with Gasteiger partial charge in [0.2, 0.25) is 0 Å². The number of ether oxygens (including phenoxy) is 2. The van der Waals surface area contributed by atoms with E-state index in [1.54, 1.807) is 0 Å². The third kappa shape index (κ3) is 1.14. The van der Waals surface area contributed by atoms with Crippen LogP contribution < -0.4 is 0 Å². The Labute approximate surface area is 96.6 Å². The van der Waals surface area contributed by atoms with Crippen molar-refractivity contribution in [3.05, 3.63) is 35.9 Å². The molecule has 1 aromatic carbocycles. The molecule has 1 saturated heterocycles. The molecule has 3 atom stereocenters. The fraction of sp³-hybridized carbons (Fsp3) is 0.571. The summed E-state index contributed by atoms with van der Waals surface area (Å²) in [5.74, 6) is 0. The standard InChI is InChI=1S/C14H18O2/c1-3-15-12-9-14(10-16-14)13(12,2)11-7-5-4-6-8-11/h4-8,12H,3,9-10H2,1-2H3/t12-,13+,14+/m0/s1. The first-order valence-electron chi connectivity index (χ1n) is 6.04. The van der Waals surface area contributed by atoms with E-state index in [1.807, 2.05) is 0 Å². The van der Waals surface area contributed by atoms with Gasteiger partial charge in [-0.1, -0.05) is 37.3 Å². The Kier molecular flexibility index (Phi) is 2.13. The van der Waals surface area contributed by atoms with Gasteiger partial charge in [0.25, 0.3) is 0 Å². The van der Waals surface area contributed by atoms with Crippen LogP contribution >= 0.6 is 0 Å². The maximum Gasteiger partial charge on any atom is 0.106 e. The summed E-state index contributed by atoms with van der Waals surface area (Å²) >= 11 is 0. The summed E-state index contributed by atoms with van der Waals surface area (Å²) in [5, 5.41) is 0. The van der Waals surface area contributed by atoms with E-state index in [1.165, 1.54) is 5.56 Å². The van der Waals surface area contributed by atoms with Gasteiger partial charge in [-0.25, -0.2) is 0 Å². The Morgan fingerprint density at radius 2 is 2.06 bits per heavy atom. The van der Waals surface area contributed by atoms with Gasteiger partial charge in [-0.15, -0.1) is 0 Å². The summed E-state index contributed by atoms with van der Waals surface area (Å²) in [7, 11) is 0. The minimum absolute atomic E-state index is 0.0459. The molecule has 1 aromatic rings. The van der Waals surface area contributed by atoms with Gasteiger partial charge in [0.15, 0.2) is 0 Å². The second-order valence-electron chi connectivity index (χ2n) is 5.00. The van der Waals surface area contributed by atoms with Gasteiger partial charge < -0.3 is 9.47 Å². The third-order valence-corrected chi connectivity index (χ3v) is 4.34. The van der Waals surface area contributed by atoms with Gasteiger partial charge in [-0.05, 0) is 12.5 Å². The van der Waals surface area contributed by atoms with Gasteiger partial charge in [0.05, 0.1) is 18.1 Å². The minimum atomic E-state index is 0.0459. The molecule has 86 valence electrons. The molecule has 0 N–H and O–H groups in total. The van der Waals surface area contributed by atoms with Crippen molar-refractivity contribution >= 4 is 0 Å². The minimum Gasteiger partial charge on any atom is -0.377 e. The zero-order chi connectivity index (χ0) is 11.2. The first-order chi connectivity index (χ1) is 7.73. The van der Waals surface area contributed by atoms with E-state index in [9.17, 15) is 0 Å². The molecule has 0 amide bonds. The van der Waals surface area contributed by atoms with Crippen molar-refractivity contribution in [2.75, 3.05) is 13.2 Å². The van der Waals surface area contributed by atoms with Gasteiger partial charge in [0, 0.05) is 13.0 Å². The number of benzene rings is 1. The Balaban J connectivity index is 1.94. The highest BCUT2D eigenvalue weighted by atomic mass is 16.6. The van der Waals surface area contributed by atoms with E-state index < -0.39 is 0 Å². The zero-order valence-electron chi connectivity index (χ0n) is 9.90. The van der Waals surface area contributed by atoms with Crippen LogP contribution in [0, 0.1) is 0 Å². The summed E-state index contributed by atoms with van der Waals surface area (Å²) < 4.78 is 11.5. The molecular weight excluding hydrogens is 200 g/mol. The topological polar surface area (TPSA) is 21.8 Å². The molecule has 0 radical (unpaired) electrons. The molecule has 2 aliphatic rings. The highest BCUT2D eigenvalue weighted by molar-refractivity contribution is 5.39. The Morgan fingerprint density at radius 3 is 2.62 bits per heavy atom. The van der Waals surface area contributed by atoms with Crippen LogP contribution in [-0.4, -0.2) is 24.9 Å². The summed E-state index contributed by atoms with van der Waals surface area (Å²) in [5.41, 5.74) is 1.47. The molecule has 16 heavy (non-hydrogen) atoms. The van der Waals surface area contributed by atoms with E-state index in [-0.39, 0.29) is 11.0 Å². The van der Waals surface area contributed by atoms with Gasteiger partial charge in [-0.2, -0.15) is 0 Å². The average molecular weight is 218 g/mol. The maximum atomic E-state index is 5.84. The first kappa shape index (κ1) is 10.3. The first-order valence-corrected chi connectivity index (χ1v) is 6.04. The van der Waals surface area contributed by atoms with Gasteiger partial charge in [0.1, 0.15) is 5.60 Å². The maximum absolute atomic E-state index is 5.84. The zero-order valence-corrected chi connectivity index (χ0v) is 9.90. The second kappa shape index (κ2) is 3.31. The summed E-state index contributed by atoms with van der Waals surface area (Å²) in [4.78, 5) is 0. The quantitative estimate of drug-likeness (QED) is 0.727. The summed E-state index contributed by atoms with van der Waals surface area (Å²) in [6.07, 6.45) is 1.36. The van der Waals surface area contributed by atoms with Crippen molar-refractivity contribution in [1.82, 2.24) is 0 Å². The lowest BCUT2D eigenvalue weighted by molar-refractivity contribution is -0.111. The average Bonchev–Trinajstić information content (AvgIpc) is 3.11. The number of rotatable bonds is 3. The number of hydrogen-bond acceptors (Lipinski definition) is 2. The van der Waals surface area contributed by atoms with Crippen LogP contribution in [0.3, 0.4) is 0 Å². The lowest BCUT2D eigenvalue weighted by Gasteiger charge is -2.52. The monoisotopic (exact) mass is 218 g/mol. The molecule has 1 aliphatic heterocycles. The molecule has 1 spiro atoms. The van der Waals surface area contributed by atoms with Crippen molar-refractivity contribution in [3.63, 3.8) is 0 Å². The smallest absolute Gasteiger partial charge is 0.106 e. The molecular formula is C14H18O2. The molecule has 0 aromatic heterocycles. The normalized spacial score (nSPS) is 40.8. The molecule has 1 aliphatic carbocycles. The van der Waals surface area contributed by atoms with Crippen LogP contribution in [-0.2, 0) is 14.9 Å². The molecule has 1 saturated carbocycles. The summed E-state index contributed by atoms with van der Waals surface area (Å²) in [6.45, 7) is 6.01. The molecule has 1 heterocycles. The Hall–Kier alpha value is -0.860. The Bertz CT molecular complexity index is 383. The van der Waals surface area contributed by atoms with E-state index >= 15 is 0 Å². The highest BCUT2D eigenvalue weighted by Crippen LogP contribution is 2.61. The van der Waals surface area contributed by atoms with Crippen LogP contribution in [0.4, 0.5) is 0 Å². The molecule has 2 heteroatoms. The summed E-state index contributed by atoms with van der Waals surface area (Å²) in [6, 6.07) is 10.6. The predicted octanol–water partition coefficient (Wildman–Crippen LogP) is 2.52. The second-order valence-corrected chi connectivity index (χ2v) is 5.00. The van der Waals surface area contributed by atoms with Gasteiger partial charge in [-0.3, -0.25) is 0 Å². The largest absolute Gasteiger partial charge is 0.377 e. The molecule has 0 bridgehead atoms. The molecule has 2 nitrogen and oxygen atoms in total. The van der Waals surface area contributed by atoms with Crippen molar-refractivity contribution < 1.29 is 9.47 Å². The van der Waals surface area contributed by atoms with E-state index in [2.05, 4.69) is 44.2 Å². The third-order valence-electron chi connectivity index (χ3n) is 4.34. The number of epoxide rings is 1. The van der Waals surface area contributed by atoms with Crippen molar-refractivity contribution in [1.29, 1.82) is 0 Å². The molecule has 2 fully saturated rings. The fourth-order valence-corrected chi connectivity index (χ4v) is 3.04. The van der Waals surface area contributed by atoms with E-state index in [0.29, 0.717) is 6.10 Å². The van der Waals surface area contributed by atoms with E-state index in [0.717, 1.165) is 19.6 Å².